The lowest BCUT2D eigenvalue weighted by molar-refractivity contribution is 0.130. The van der Waals surface area contributed by atoms with E-state index in [1.807, 2.05) is 0 Å². The normalized spacial score (nSPS) is 15.2. The maximum absolute atomic E-state index is 8.91. The summed E-state index contributed by atoms with van der Waals surface area (Å²) in [5.41, 5.74) is 0. The molecule has 0 radical (unpaired) electrons. The first-order chi connectivity index (χ1) is 8.72. The van der Waals surface area contributed by atoms with Gasteiger partial charge < -0.3 is 20.4 Å². The van der Waals surface area contributed by atoms with Crippen LogP contribution < -0.4 is 0 Å². The van der Waals surface area contributed by atoms with E-state index in [4.69, 9.17) is 20.4 Å². The third kappa shape index (κ3) is 21.2. The van der Waals surface area contributed by atoms with E-state index in [2.05, 4.69) is 6.92 Å². The molecule has 112 valence electrons. The van der Waals surface area contributed by atoms with Gasteiger partial charge in [0.25, 0.3) is 0 Å². The average molecular weight is 264 g/mol. The SMILES string of the molecule is CCCCCCO.OC1CCCCC1.OCCO. The molecular formula is C14H32O4. The van der Waals surface area contributed by atoms with Crippen LogP contribution in [-0.2, 0) is 0 Å². The summed E-state index contributed by atoms with van der Waals surface area (Å²) in [5.74, 6) is 0. The number of aliphatic hydroxyl groups excluding tert-OH is 4. The third-order valence-electron chi connectivity index (χ3n) is 2.69. The first-order valence-electron chi connectivity index (χ1n) is 7.23. The summed E-state index contributed by atoms with van der Waals surface area (Å²) in [7, 11) is 0. The number of hydrogen-bond acceptors (Lipinski definition) is 4. The van der Waals surface area contributed by atoms with Gasteiger partial charge in [-0.05, 0) is 19.3 Å². The molecule has 0 aliphatic heterocycles. The van der Waals surface area contributed by atoms with Gasteiger partial charge in [-0.25, -0.2) is 0 Å². The largest absolute Gasteiger partial charge is 0.396 e. The smallest absolute Gasteiger partial charge is 0.0662 e. The second-order valence-electron chi connectivity index (χ2n) is 4.52. The summed E-state index contributed by atoms with van der Waals surface area (Å²) in [6, 6.07) is 0. The van der Waals surface area contributed by atoms with Gasteiger partial charge in [-0.3, -0.25) is 0 Å². The molecule has 0 atom stereocenters. The van der Waals surface area contributed by atoms with E-state index >= 15 is 0 Å². The van der Waals surface area contributed by atoms with Crippen LogP contribution in [0.25, 0.3) is 0 Å². The second kappa shape index (κ2) is 19.2. The van der Waals surface area contributed by atoms with Crippen molar-refractivity contribution in [2.24, 2.45) is 0 Å². The standard InChI is InChI=1S/C6H12O.C6H14O.C2H6O2/c7-6-4-2-1-3-5-6;1-2-3-4-5-6-7;3-1-2-4/h6-7H,1-5H2;7H,2-6H2,1H3;3-4H,1-2H2. The number of aliphatic hydroxyl groups is 4. The van der Waals surface area contributed by atoms with Crippen molar-refractivity contribution >= 4 is 0 Å². The maximum atomic E-state index is 8.91. The Hall–Kier alpha value is -0.160. The van der Waals surface area contributed by atoms with Crippen molar-refractivity contribution in [1.29, 1.82) is 0 Å². The van der Waals surface area contributed by atoms with Crippen molar-refractivity contribution in [1.82, 2.24) is 0 Å². The topological polar surface area (TPSA) is 80.9 Å². The predicted molar refractivity (Wildman–Crippen MR) is 74.5 cm³/mol. The molecule has 18 heavy (non-hydrogen) atoms. The highest BCUT2D eigenvalue weighted by Crippen LogP contribution is 2.16. The predicted octanol–water partition coefficient (Wildman–Crippen LogP) is 1.84. The van der Waals surface area contributed by atoms with Crippen molar-refractivity contribution in [2.75, 3.05) is 19.8 Å². The molecular weight excluding hydrogens is 232 g/mol. The van der Waals surface area contributed by atoms with Crippen LogP contribution in [0.2, 0.25) is 0 Å². The summed E-state index contributed by atoms with van der Waals surface area (Å²) >= 11 is 0. The van der Waals surface area contributed by atoms with Gasteiger partial charge in [-0.2, -0.15) is 0 Å². The van der Waals surface area contributed by atoms with Crippen LogP contribution in [-0.4, -0.2) is 46.4 Å². The average Bonchev–Trinajstić information content (AvgIpc) is 2.41. The lowest BCUT2D eigenvalue weighted by Crippen LogP contribution is -2.09. The van der Waals surface area contributed by atoms with E-state index in [9.17, 15) is 0 Å². The Morgan fingerprint density at radius 2 is 1.33 bits per heavy atom. The van der Waals surface area contributed by atoms with E-state index in [1.165, 1.54) is 38.5 Å². The van der Waals surface area contributed by atoms with Crippen molar-refractivity contribution < 1.29 is 20.4 Å². The Morgan fingerprint density at radius 3 is 1.61 bits per heavy atom. The van der Waals surface area contributed by atoms with Crippen molar-refractivity contribution in [3.63, 3.8) is 0 Å². The zero-order valence-corrected chi connectivity index (χ0v) is 11.9. The highest BCUT2D eigenvalue weighted by Gasteiger charge is 2.07. The lowest BCUT2D eigenvalue weighted by atomic mass is 9.98. The van der Waals surface area contributed by atoms with Gasteiger partial charge in [0.1, 0.15) is 0 Å². The Bertz CT molecular complexity index is 119. The van der Waals surface area contributed by atoms with Crippen LogP contribution in [0.1, 0.15) is 64.7 Å². The summed E-state index contributed by atoms with van der Waals surface area (Å²) in [6.45, 7) is 2.28. The van der Waals surface area contributed by atoms with Gasteiger partial charge in [0.05, 0.1) is 19.3 Å². The van der Waals surface area contributed by atoms with Crippen LogP contribution in [0.3, 0.4) is 0 Å². The summed E-state index contributed by atoms with van der Waals surface area (Å²) in [5, 5.41) is 32.5. The Kier molecular flexibility index (Phi) is 21.5. The fourth-order valence-electron chi connectivity index (χ4n) is 1.62. The number of hydrogen-bond donors (Lipinski definition) is 4. The summed E-state index contributed by atoms with van der Waals surface area (Å²) in [6.07, 6.45) is 10.6. The van der Waals surface area contributed by atoms with Gasteiger partial charge in [0, 0.05) is 6.61 Å². The highest BCUT2D eigenvalue weighted by molar-refractivity contribution is 4.61. The highest BCUT2D eigenvalue weighted by atomic mass is 16.3. The molecule has 4 heteroatoms. The van der Waals surface area contributed by atoms with Gasteiger partial charge in [0.2, 0.25) is 0 Å². The van der Waals surface area contributed by atoms with Crippen LogP contribution in [0.4, 0.5) is 0 Å². The molecule has 0 saturated heterocycles. The van der Waals surface area contributed by atoms with Crippen LogP contribution >= 0.6 is 0 Å². The molecule has 0 spiro atoms. The molecule has 0 amide bonds. The number of unbranched alkanes of at least 4 members (excludes halogenated alkanes) is 3. The molecule has 0 heterocycles. The Morgan fingerprint density at radius 1 is 0.778 bits per heavy atom. The molecule has 1 rings (SSSR count). The van der Waals surface area contributed by atoms with Gasteiger partial charge in [0.15, 0.2) is 0 Å². The Labute approximate surface area is 112 Å². The van der Waals surface area contributed by atoms with Crippen LogP contribution in [0.15, 0.2) is 0 Å². The molecule has 1 fully saturated rings. The minimum absolute atomic E-state index is 0.0359. The molecule has 0 unspecified atom stereocenters. The molecule has 0 aromatic rings. The summed E-state index contributed by atoms with van der Waals surface area (Å²) < 4.78 is 0. The molecule has 1 aliphatic carbocycles. The minimum Gasteiger partial charge on any atom is -0.396 e. The quantitative estimate of drug-likeness (QED) is 0.571. The fourth-order valence-corrected chi connectivity index (χ4v) is 1.62. The first-order valence-corrected chi connectivity index (χ1v) is 7.23. The van der Waals surface area contributed by atoms with Crippen LogP contribution in [0.5, 0.6) is 0 Å². The third-order valence-corrected chi connectivity index (χ3v) is 2.69. The van der Waals surface area contributed by atoms with E-state index in [0.717, 1.165) is 19.3 Å². The maximum Gasteiger partial charge on any atom is 0.0662 e. The van der Waals surface area contributed by atoms with E-state index in [1.54, 1.807) is 0 Å². The molecule has 1 aliphatic rings. The van der Waals surface area contributed by atoms with Crippen molar-refractivity contribution in [3.8, 4) is 0 Å². The molecule has 0 aromatic carbocycles. The molecule has 1 saturated carbocycles. The zero-order valence-electron chi connectivity index (χ0n) is 11.9. The first kappa shape index (κ1) is 20.2. The monoisotopic (exact) mass is 264 g/mol. The van der Waals surface area contributed by atoms with Gasteiger partial charge in [-0.15, -0.1) is 0 Å². The van der Waals surface area contributed by atoms with Gasteiger partial charge in [-0.1, -0.05) is 45.4 Å². The fraction of sp³-hybridized carbons (Fsp3) is 1.00. The molecule has 0 bridgehead atoms. The zero-order chi connectivity index (χ0) is 14.1. The van der Waals surface area contributed by atoms with Crippen LogP contribution in [0, 0.1) is 0 Å². The van der Waals surface area contributed by atoms with E-state index in [0.29, 0.717) is 6.61 Å². The second-order valence-corrected chi connectivity index (χ2v) is 4.52. The molecule has 4 nitrogen and oxygen atoms in total. The lowest BCUT2D eigenvalue weighted by Gasteiger charge is -2.14. The minimum atomic E-state index is -0.125. The molecule has 0 aromatic heterocycles. The van der Waals surface area contributed by atoms with E-state index < -0.39 is 0 Å². The molecule has 4 N–H and O–H groups in total. The van der Waals surface area contributed by atoms with Crippen molar-refractivity contribution in [3.05, 3.63) is 0 Å². The summed E-state index contributed by atoms with van der Waals surface area (Å²) in [4.78, 5) is 0. The number of rotatable bonds is 5. The van der Waals surface area contributed by atoms with E-state index in [-0.39, 0.29) is 19.3 Å². The Balaban J connectivity index is 0. The van der Waals surface area contributed by atoms with Crippen molar-refractivity contribution in [2.45, 2.75) is 70.8 Å². The van der Waals surface area contributed by atoms with Gasteiger partial charge >= 0.3 is 0 Å².